The van der Waals surface area contributed by atoms with Crippen molar-refractivity contribution in [3.63, 3.8) is 0 Å². The molecule has 1 aliphatic heterocycles. The first-order valence-electron chi connectivity index (χ1n) is 7.53. The van der Waals surface area contributed by atoms with Crippen LogP contribution in [0, 0.1) is 5.41 Å². The third kappa shape index (κ3) is 2.92. The second-order valence-corrected chi connectivity index (χ2v) is 5.74. The molecular formula is C16H26N2O. The highest BCUT2D eigenvalue weighted by atomic mass is 16.3. The monoisotopic (exact) mass is 262 g/mol. The molecule has 3 nitrogen and oxygen atoms in total. The van der Waals surface area contributed by atoms with Crippen molar-refractivity contribution < 1.29 is 5.11 Å². The summed E-state index contributed by atoms with van der Waals surface area (Å²) in [4.78, 5) is 6.83. The van der Waals surface area contributed by atoms with E-state index in [0.29, 0.717) is 11.8 Å². The van der Waals surface area contributed by atoms with Gasteiger partial charge in [-0.05, 0) is 43.2 Å². The molecule has 0 saturated carbocycles. The summed E-state index contributed by atoms with van der Waals surface area (Å²) in [5.41, 5.74) is 2.46. The molecule has 1 fully saturated rings. The Kier molecular flexibility index (Phi) is 4.46. The zero-order valence-corrected chi connectivity index (χ0v) is 12.4. The topological polar surface area (TPSA) is 36.4 Å². The van der Waals surface area contributed by atoms with Gasteiger partial charge >= 0.3 is 0 Å². The van der Waals surface area contributed by atoms with Gasteiger partial charge < -0.3 is 10.0 Å². The van der Waals surface area contributed by atoms with Gasteiger partial charge in [-0.3, -0.25) is 4.98 Å². The highest BCUT2D eigenvalue weighted by molar-refractivity contribution is 5.46. The van der Waals surface area contributed by atoms with Gasteiger partial charge in [0, 0.05) is 13.1 Å². The minimum Gasteiger partial charge on any atom is -0.387 e. The van der Waals surface area contributed by atoms with Crippen LogP contribution in [0.4, 0.5) is 5.69 Å². The fraction of sp³-hybridized carbons (Fsp3) is 0.688. The third-order valence-electron chi connectivity index (χ3n) is 4.80. The standard InChI is InChI=1S/C16H26N2O/c1-4-15(19)14-8-7-13(11-17-14)18-10-9-16(5-2,6-3)12-18/h7-8,11,15,19H,4-6,9-10,12H2,1-3H3/t15-/m1/s1. The molecule has 106 valence electrons. The number of rotatable bonds is 5. The van der Waals surface area contributed by atoms with Crippen molar-refractivity contribution in [1.82, 2.24) is 4.98 Å². The third-order valence-corrected chi connectivity index (χ3v) is 4.80. The van der Waals surface area contributed by atoms with E-state index in [2.05, 4.69) is 29.8 Å². The van der Waals surface area contributed by atoms with Crippen molar-refractivity contribution in [2.75, 3.05) is 18.0 Å². The molecule has 19 heavy (non-hydrogen) atoms. The quantitative estimate of drug-likeness (QED) is 0.881. The van der Waals surface area contributed by atoms with Crippen LogP contribution in [-0.2, 0) is 0 Å². The minimum absolute atomic E-state index is 0.432. The van der Waals surface area contributed by atoms with Gasteiger partial charge in [-0.25, -0.2) is 0 Å². The molecule has 0 aromatic carbocycles. The predicted molar refractivity (Wildman–Crippen MR) is 79.3 cm³/mol. The summed E-state index contributed by atoms with van der Waals surface area (Å²) in [6.45, 7) is 8.83. The molecule has 1 N–H and O–H groups in total. The Morgan fingerprint density at radius 2 is 2.05 bits per heavy atom. The largest absolute Gasteiger partial charge is 0.387 e. The molecule has 0 spiro atoms. The number of nitrogens with zero attached hydrogens (tertiary/aromatic N) is 2. The van der Waals surface area contributed by atoms with Crippen LogP contribution in [0.2, 0.25) is 0 Å². The maximum atomic E-state index is 9.77. The lowest BCUT2D eigenvalue weighted by molar-refractivity contribution is 0.169. The van der Waals surface area contributed by atoms with Gasteiger partial charge in [0.2, 0.25) is 0 Å². The van der Waals surface area contributed by atoms with Crippen LogP contribution >= 0.6 is 0 Å². The number of aliphatic hydroxyl groups excluding tert-OH is 1. The van der Waals surface area contributed by atoms with Crippen molar-refractivity contribution in [1.29, 1.82) is 0 Å². The lowest BCUT2D eigenvalue weighted by atomic mass is 9.82. The highest BCUT2D eigenvalue weighted by Crippen LogP contribution is 2.38. The van der Waals surface area contributed by atoms with E-state index in [1.54, 1.807) is 0 Å². The number of aliphatic hydroxyl groups is 1. The summed E-state index contributed by atoms with van der Waals surface area (Å²) in [7, 11) is 0. The fourth-order valence-corrected chi connectivity index (χ4v) is 2.97. The van der Waals surface area contributed by atoms with Gasteiger partial charge in [0.05, 0.1) is 23.7 Å². The van der Waals surface area contributed by atoms with E-state index < -0.39 is 6.10 Å². The zero-order valence-electron chi connectivity index (χ0n) is 12.4. The Balaban J connectivity index is 2.08. The van der Waals surface area contributed by atoms with Crippen LogP contribution in [0.25, 0.3) is 0 Å². The number of anilines is 1. The lowest BCUT2D eigenvalue weighted by Gasteiger charge is -2.27. The molecule has 2 heterocycles. The molecule has 1 aliphatic rings. The summed E-state index contributed by atoms with van der Waals surface area (Å²) < 4.78 is 0. The van der Waals surface area contributed by atoms with Crippen LogP contribution in [0.3, 0.4) is 0 Å². The molecular weight excluding hydrogens is 236 g/mol. The Morgan fingerprint density at radius 3 is 2.53 bits per heavy atom. The summed E-state index contributed by atoms with van der Waals surface area (Å²) in [5, 5.41) is 9.77. The minimum atomic E-state index is -0.432. The summed E-state index contributed by atoms with van der Waals surface area (Å²) in [5.74, 6) is 0. The second-order valence-electron chi connectivity index (χ2n) is 5.74. The van der Waals surface area contributed by atoms with Crippen molar-refractivity contribution in [2.45, 2.75) is 52.6 Å². The maximum Gasteiger partial charge on any atom is 0.0957 e. The molecule has 0 aliphatic carbocycles. The fourth-order valence-electron chi connectivity index (χ4n) is 2.97. The van der Waals surface area contributed by atoms with E-state index >= 15 is 0 Å². The molecule has 0 radical (unpaired) electrons. The van der Waals surface area contributed by atoms with Crippen molar-refractivity contribution in [3.8, 4) is 0 Å². The van der Waals surface area contributed by atoms with Crippen LogP contribution in [-0.4, -0.2) is 23.2 Å². The zero-order chi connectivity index (χ0) is 13.9. The first-order chi connectivity index (χ1) is 9.14. The normalized spacial score (nSPS) is 19.7. The molecule has 0 bridgehead atoms. The molecule has 2 rings (SSSR count). The van der Waals surface area contributed by atoms with E-state index in [-0.39, 0.29) is 0 Å². The van der Waals surface area contributed by atoms with Gasteiger partial charge in [0.1, 0.15) is 0 Å². The Morgan fingerprint density at radius 1 is 1.32 bits per heavy atom. The number of hydrogen-bond donors (Lipinski definition) is 1. The van der Waals surface area contributed by atoms with Crippen molar-refractivity contribution in [3.05, 3.63) is 24.0 Å². The number of hydrogen-bond acceptors (Lipinski definition) is 3. The lowest BCUT2D eigenvalue weighted by Crippen LogP contribution is -2.26. The Bertz CT molecular complexity index is 398. The average molecular weight is 262 g/mol. The molecule has 1 aromatic rings. The first-order valence-corrected chi connectivity index (χ1v) is 7.53. The van der Waals surface area contributed by atoms with Gasteiger partial charge in [-0.1, -0.05) is 20.8 Å². The second kappa shape index (κ2) is 5.91. The van der Waals surface area contributed by atoms with E-state index in [1.165, 1.54) is 24.9 Å². The predicted octanol–water partition coefficient (Wildman–Crippen LogP) is 3.54. The van der Waals surface area contributed by atoms with E-state index in [4.69, 9.17) is 0 Å². The number of pyridine rings is 1. The maximum absolute atomic E-state index is 9.77. The molecule has 1 atom stereocenters. The molecule has 0 amide bonds. The summed E-state index contributed by atoms with van der Waals surface area (Å²) in [6.07, 6.45) is 5.97. The van der Waals surface area contributed by atoms with E-state index in [9.17, 15) is 5.11 Å². The Hall–Kier alpha value is -1.09. The molecule has 3 heteroatoms. The average Bonchev–Trinajstić information content (AvgIpc) is 2.92. The SMILES string of the molecule is CC[C@@H](O)c1ccc(N2CCC(CC)(CC)C2)cn1. The van der Waals surface area contributed by atoms with Crippen LogP contribution in [0.15, 0.2) is 18.3 Å². The summed E-state index contributed by atoms with van der Waals surface area (Å²) in [6, 6.07) is 4.06. The van der Waals surface area contributed by atoms with Crippen LogP contribution in [0.5, 0.6) is 0 Å². The Labute approximate surface area is 116 Å². The van der Waals surface area contributed by atoms with Crippen molar-refractivity contribution >= 4 is 5.69 Å². The van der Waals surface area contributed by atoms with Gasteiger partial charge in [-0.2, -0.15) is 0 Å². The van der Waals surface area contributed by atoms with Gasteiger partial charge in [-0.15, -0.1) is 0 Å². The molecule has 1 aromatic heterocycles. The highest BCUT2D eigenvalue weighted by Gasteiger charge is 2.34. The van der Waals surface area contributed by atoms with Gasteiger partial charge in [0.25, 0.3) is 0 Å². The van der Waals surface area contributed by atoms with Crippen molar-refractivity contribution in [2.24, 2.45) is 5.41 Å². The van der Waals surface area contributed by atoms with E-state index in [1.807, 2.05) is 19.2 Å². The smallest absolute Gasteiger partial charge is 0.0957 e. The number of aromatic nitrogens is 1. The molecule has 0 unspecified atom stereocenters. The van der Waals surface area contributed by atoms with E-state index in [0.717, 1.165) is 18.8 Å². The summed E-state index contributed by atoms with van der Waals surface area (Å²) >= 11 is 0. The van der Waals surface area contributed by atoms with Crippen LogP contribution < -0.4 is 4.90 Å². The molecule has 1 saturated heterocycles. The van der Waals surface area contributed by atoms with Crippen LogP contribution in [0.1, 0.15) is 58.3 Å². The van der Waals surface area contributed by atoms with Gasteiger partial charge in [0.15, 0.2) is 0 Å². The first kappa shape index (κ1) is 14.3.